The summed E-state index contributed by atoms with van der Waals surface area (Å²) in [6.45, 7) is 2.11. The molecule has 4 nitrogen and oxygen atoms in total. The van der Waals surface area contributed by atoms with Gasteiger partial charge in [0, 0.05) is 5.46 Å². The average Bonchev–Trinajstić information content (AvgIpc) is 2.37. The van der Waals surface area contributed by atoms with Crippen LogP contribution in [0, 0.1) is 6.92 Å². The topological polar surface area (TPSA) is 69.9 Å². The van der Waals surface area contributed by atoms with Gasteiger partial charge in [-0.3, -0.25) is 0 Å². The number of rotatable bonds is 4. The minimum absolute atomic E-state index is 0.174. The Bertz CT molecular complexity index is 569. The molecule has 2 aromatic carbocycles. The largest absolute Gasteiger partial charge is 0.508 e. The van der Waals surface area contributed by atoms with Gasteiger partial charge in [-0.05, 0) is 30.7 Å². The van der Waals surface area contributed by atoms with E-state index in [0.29, 0.717) is 11.2 Å². The molecule has 5 heteroatoms. The zero-order chi connectivity index (χ0) is 13.8. The molecule has 3 N–H and O–H groups in total. The summed E-state index contributed by atoms with van der Waals surface area (Å²) in [7, 11) is -1.57. The minimum Gasteiger partial charge on any atom is -0.508 e. The molecule has 0 heterocycles. The SMILES string of the molecule is Cc1ccc(OCc2cccc(O)c2)c(B(O)O)c1. The number of ether oxygens (including phenoxy) is 1. The summed E-state index contributed by atoms with van der Waals surface area (Å²) in [6.07, 6.45) is 0. The summed E-state index contributed by atoms with van der Waals surface area (Å²) in [5.74, 6) is 0.594. The van der Waals surface area contributed by atoms with E-state index in [1.165, 1.54) is 0 Å². The highest BCUT2D eigenvalue weighted by Gasteiger charge is 2.17. The highest BCUT2D eigenvalue weighted by atomic mass is 16.5. The monoisotopic (exact) mass is 258 g/mol. The second kappa shape index (κ2) is 5.78. The second-order valence-electron chi connectivity index (χ2n) is 4.37. The zero-order valence-corrected chi connectivity index (χ0v) is 10.6. The van der Waals surface area contributed by atoms with E-state index in [1.54, 1.807) is 30.3 Å². The first-order chi connectivity index (χ1) is 9.06. The fourth-order valence-electron chi connectivity index (χ4n) is 1.81. The van der Waals surface area contributed by atoms with Crippen molar-refractivity contribution >= 4 is 12.6 Å². The van der Waals surface area contributed by atoms with E-state index in [1.807, 2.05) is 19.1 Å². The molecule has 0 fully saturated rings. The Morgan fingerprint density at radius 2 is 1.89 bits per heavy atom. The molecule has 2 rings (SSSR count). The lowest BCUT2D eigenvalue weighted by molar-refractivity contribution is 0.306. The fourth-order valence-corrected chi connectivity index (χ4v) is 1.81. The van der Waals surface area contributed by atoms with E-state index in [4.69, 9.17) is 4.74 Å². The summed E-state index contributed by atoms with van der Waals surface area (Å²) in [4.78, 5) is 0. The standard InChI is InChI=1S/C14H15BO4/c1-10-5-6-14(13(7-10)15(17)18)19-9-11-3-2-4-12(16)8-11/h2-8,16-18H,9H2,1H3. The molecule has 0 aromatic heterocycles. The van der Waals surface area contributed by atoms with E-state index in [0.717, 1.165) is 11.1 Å². The maximum Gasteiger partial charge on any atom is 0.492 e. The van der Waals surface area contributed by atoms with Gasteiger partial charge >= 0.3 is 7.12 Å². The molecule has 0 amide bonds. The highest BCUT2D eigenvalue weighted by molar-refractivity contribution is 6.59. The van der Waals surface area contributed by atoms with Gasteiger partial charge in [0.1, 0.15) is 18.1 Å². The van der Waals surface area contributed by atoms with Gasteiger partial charge in [-0.2, -0.15) is 0 Å². The van der Waals surface area contributed by atoms with Gasteiger partial charge in [0.05, 0.1) is 0 Å². The summed E-state index contributed by atoms with van der Waals surface area (Å²) >= 11 is 0. The molecule has 0 bridgehead atoms. The van der Waals surface area contributed by atoms with E-state index in [9.17, 15) is 15.2 Å². The number of hydrogen-bond donors (Lipinski definition) is 3. The van der Waals surface area contributed by atoms with Gasteiger partial charge in [0.25, 0.3) is 0 Å². The van der Waals surface area contributed by atoms with Crippen LogP contribution in [0.3, 0.4) is 0 Å². The zero-order valence-electron chi connectivity index (χ0n) is 10.6. The van der Waals surface area contributed by atoms with Crippen molar-refractivity contribution < 1.29 is 19.9 Å². The van der Waals surface area contributed by atoms with Crippen LogP contribution in [0.25, 0.3) is 0 Å². The average molecular weight is 258 g/mol. The van der Waals surface area contributed by atoms with Gasteiger partial charge in [0.2, 0.25) is 0 Å². The number of phenols is 1. The molecule has 98 valence electrons. The van der Waals surface area contributed by atoms with Crippen LogP contribution in [0.4, 0.5) is 0 Å². The number of phenolic OH excluding ortho intramolecular Hbond substituents is 1. The molecule has 0 radical (unpaired) electrons. The van der Waals surface area contributed by atoms with Crippen molar-refractivity contribution in [2.45, 2.75) is 13.5 Å². The lowest BCUT2D eigenvalue weighted by atomic mass is 9.79. The summed E-state index contributed by atoms with van der Waals surface area (Å²) in [6, 6.07) is 11.9. The van der Waals surface area contributed by atoms with Gasteiger partial charge in [0.15, 0.2) is 0 Å². The second-order valence-corrected chi connectivity index (χ2v) is 4.37. The lowest BCUT2D eigenvalue weighted by Gasteiger charge is -2.12. The van der Waals surface area contributed by atoms with Crippen molar-refractivity contribution in [1.82, 2.24) is 0 Å². The highest BCUT2D eigenvalue weighted by Crippen LogP contribution is 2.15. The van der Waals surface area contributed by atoms with Crippen LogP contribution < -0.4 is 10.2 Å². The molecule has 0 aliphatic carbocycles. The van der Waals surface area contributed by atoms with Crippen LogP contribution >= 0.6 is 0 Å². The molecule has 2 aromatic rings. The first kappa shape index (κ1) is 13.5. The Hall–Kier alpha value is -1.98. The van der Waals surface area contributed by atoms with Crippen molar-refractivity contribution in [3.05, 3.63) is 53.6 Å². The lowest BCUT2D eigenvalue weighted by Crippen LogP contribution is -2.31. The van der Waals surface area contributed by atoms with Crippen LogP contribution in [0.2, 0.25) is 0 Å². The third-order valence-corrected chi connectivity index (χ3v) is 2.75. The molecule has 0 saturated heterocycles. The fraction of sp³-hybridized carbons (Fsp3) is 0.143. The summed E-state index contributed by atoms with van der Waals surface area (Å²) < 4.78 is 5.56. The van der Waals surface area contributed by atoms with E-state index >= 15 is 0 Å². The maximum absolute atomic E-state index is 9.35. The summed E-state index contributed by atoms with van der Waals surface area (Å²) in [5, 5.41) is 28.0. The van der Waals surface area contributed by atoms with Crippen molar-refractivity contribution in [3.63, 3.8) is 0 Å². The Kier molecular flexibility index (Phi) is 4.09. The van der Waals surface area contributed by atoms with Gasteiger partial charge in [-0.25, -0.2) is 0 Å². The van der Waals surface area contributed by atoms with Gasteiger partial charge in [-0.15, -0.1) is 0 Å². The third kappa shape index (κ3) is 3.50. The smallest absolute Gasteiger partial charge is 0.492 e. The van der Waals surface area contributed by atoms with Crippen LogP contribution in [0.5, 0.6) is 11.5 Å². The van der Waals surface area contributed by atoms with Crippen LogP contribution in [0.1, 0.15) is 11.1 Å². The van der Waals surface area contributed by atoms with Crippen LogP contribution in [0.15, 0.2) is 42.5 Å². The van der Waals surface area contributed by atoms with Crippen molar-refractivity contribution in [1.29, 1.82) is 0 Å². The Morgan fingerprint density at radius 3 is 2.58 bits per heavy atom. The molecule has 0 unspecified atom stereocenters. The third-order valence-electron chi connectivity index (χ3n) is 2.75. The van der Waals surface area contributed by atoms with E-state index in [-0.39, 0.29) is 12.4 Å². The quantitative estimate of drug-likeness (QED) is 0.714. The minimum atomic E-state index is -1.57. The van der Waals surface area contributed by atoms with E-state index in [2.05, 4.69) is 0 Å². The molecule has 0 spiro atoms. The van der Waals surface area contributed by atoms with Crippen molar-refractivity contribution in [2.75, 3.05) is 0 Å². The van der Waals surface area contributed by atoms with Crippen LogP contribution in [-0.4, -0.2) is 22.3 Å². The van der Waals surface area contributed by atoms with Crippen molar-refractivity contribution in [2.24, 2.45) is 0 Å². The molecular weight excluding hydrogens is 243 g/mol. The number of benzene rings is 2. The van der Waals surface area contributed by atoms with Gasteiger partial charge < -0.3 is 19.9 Å². The number of aryl methyl sites for hydroxylation is 1. The normalized spacial score (nSPS) is 10.3. The molecular formula is C14H15BO4. The predicted octanol–water partition coefficient (Wildman–Crippen LogP) is 0.959. The Balaban J connectivity index is 2.15. The molecule has 19 heavy (non-hydrogen) atoms. The van der Waals surface area contributed by atoms with Gasteiger partial charge in [-0.1, -0.05) is 29.8 Å². The molecule has 0 aliphatic heterocycles. The van der Waals surface area contributed by atoms with Crippen LogP contribution in [-0.2, 0) is 6.61 Å². The van der Waals surface area contributed by atoms with E-state index < -0.39 is 7.12 Å². The first-order valence-electron chi connectivity index (χ1n) is 5.93. The summed E-state index contributed by atoms with van der Waals surface area (Å²) in [5.41, 5.74) is 2.06. The maximum atomic E-state index is 9.35. The molecule has 0 atom stereocenters. The molecule has 0 aliphatic rings. The van der Waals surface area contributed by atoms with Crippen molar-refractivity contribution in [3.8, 4) is 11.5 Å². The molecule has 0 saturated carbocycles. The first-order valence-corrected chi connectivity index (χ1v) is 5.93. The number of aromatic hydroxyl groups is 1. The predicted molar refractivity (Wildman–Crippen MR) is 73.4 cm³/mol. The Morgan fingerprint density at radius 1 is 1.11 bits per heavy atom. The number of hydrogen-bond acceptors (Lipinski definition) is 4. The Labute approximate surface area is 112 Å².